The van der Waals surface area contributed by atoms with Crippen molar-refractivity contribution in [2.45, 2.75) is 39.3 Å². The highest BCUT2D eigenvalue weighted by atomic mass is 16.5. The van der Waals surface area contributed by atoms with Crippen molar-refractivity contribution < 1.29 is 23.8 Å². The molecule has 0 radical (unpaired) electrons. The van der Waals surface area contributed by atoms with Crippen LogP contribution in [0.15, 0.2) is 57.9 Å². The summed E-state index contributed by atoms with van der Waals surface area (Å²) in [6.45, 7) is 5.07. The topological polar surface area (TPSA) is 122 Å². The molecule has 1 unspecified atom stereocenters. The van der Waals surface area contributed by atoms with Crippen LogP contribution in [0.25, 0.3) is 21.9 Å². The van der Waals surface area contributed by atoms with Gasteiger partial charge in [-0.15, -0.1) is 0 Å². The second-order valence-corrected chi connectivity index (χ2v) is 8.02. The number of rotatable bonds is 7. The van der Waals surface area contributed by atoms with Crippen molar-refractivity contribution in [3.8, 4) is 5.75 Å². The van der Waals surface area contributed by atoms with Crippen molar-refractivity contribution in [1.82, 2.24) is 10.3 Å². The zero-order valence-electron chi connectivity index (χ0n) is 18.5. The van der Waals surface area contributed by atoms with Gasteiger partial charge < -0.3 is 24.6 Å². The molecule has 1 amide bonds. The van der Waals surface area contributed by atoms with E-state index in [0.29, 0.717) is 16.9 Å². The molecule has 0 spiro atoms. The summed E-state index contributed by atoms with van der Waals surface area (Å²) < 4.78 is 11.0. The number of carbonyl (C=O) groups excluding carboxylic acids is 1. The number of ether oxygens (including phenoxy) is 1. The van der Waals surface area contributed by atoms with Gasteiger partial charge in [-0.25, -0.2) is 9.59 Å². The zero-order chi connectivity index (χ0) is 23.7. The maximum absolute atomic E-state index is 12.7. The summed E-state index contributed by atoms with van der Waals surface area (Å²) in [6, 6.07) is 11.4. The summed E-state index contributed by atoms with van der Waals surface area (Å²) in [4.78, 5) is 39.6. The number of carbonyl (C=O) groups is 2. The SMILES string of the molecule is Cc1c(C)c2ccc(OC(C)C(=O)N[C@H](Cc3c[nH]c4ccccc34)C(=O)O)cc2oc1=O. The first kappa shape index (κ1) is 22.1. The number of carboxylic acid groups (broad SMARTS) is 1. The third-order valence-electron chi connectivity index (χ3n) is 5.82. The Kier molecular flexibility index (Phi) is 5.91. The van der Waals surface area contributed by atoms with Crippen molar-refractivity contribution in [3.63, 3.8) is 0 Å². The van der Waals surface area contributed by atoms with Crippen LogP contribution in [0.4, 0.5) is 0 Å². The number of aromatic amines is 1. The van der Waals surface area contributed by atoms with E-state index >= 15 is 0 Å². The van der Waals surface area contributed by atoms with Gasteiger partial charge in [0, 0.05) is 40.5 Å². The van der Waals surface area contributed by atoms with E-state index in [1.165, 1.54) is 6.92 Å². The monoisotopic (exact) mass is 448 g/mol. The number of para-hydroxylation sites is 1. The molecular weight excluding hydrogens is 424 g/mol. The lowest BCUT2D eigenvalue weighted by molar-refractivity contribution is -0.142. The molecule has 3 N–H and O–H groups in total. The summed E-state index contributed by atoms with van der Waals surface area (Å²) in [5.41, 5.74) is 2.98. The number of hydrogen-bond acceptors (Lipinski definition) is 5. The number of aromatic nitrogens is 1. The van der Waals surface area contributed by atoms with E-state index in [-0.39, 0.29) is 6.42 Å². The molecule has 8 heteroatoms. The molecule has 0 saturated carbocycles. The van der Waals surface area contributed by atoms with Crippen LogP contribution in [-0.2, 0) is 16.0 Å². The number of aliphatic carboxylic acids is 1. The van der Waals surface area contributed by atoms with E-state index < -0.39 is 29.6 Å². The minimum absolute atomic E-state index is 0.123. The summed E-state index contributed by atoms with van der Waals surface area (Å²) in [7, 11) is 0. The number of nitrogens with one attached hydrogen (secondary N) is 2. The van der Waals surface area contributed by atoms with Crippen molar-refractivity contribution in [2.24, 2.45) is 0 Å². The van der Waals surface area contributed by atoms with Crippen LogP contribution in [0.1, 0.15) is 23.6 Å². The van der Waals surface area contributed by atoms with Gasteiger partial charge in [0.1, 0.15) is 17.4 Å². The smallest absolute Gasteiger partial charge is 0.339 e. The highest BCUT2D eigenvalue weighted by Gasteiger charge is 2.25. The third-order valence-corrected chi connectivity index (χ3v) is 5.82. The number of aryl methyl sites for hydroxylation is 1. The van der Waals surface area contributed by atoms with E-state index in [9.17, 15) is 19.5 Å². The fourth-order valence-electron chi connectivity index (χ4n) is 3.77. The Morgan fingerprint density at radius 2 is 1.88 bits per heavy atom. The van der Waals surface area contributed by atoms with Gasteiger partial charge in [0.15, 0.2) is 6.10 Å². The predicted octanol–water partition coefficient (Wildman–Crippen LogP) is 3.47. The predicted molar refractivity (Wildman–Crippen MR) is 124 cm³/mol. The van der Waals surface area contributed by atoms with E-state index in [4.69, 9.17) is 9.15 Å². The Balaban J connectivity index is 1.48. The Labute approximate surface area is 189 Å². The van der Waals surface area contributed by atoms with Crippen molar-refractivity contribution in [3.05, 3.63) is 75.8 Å². The first-order valence-corrected chi connectivity index (χ1v) is 10.5. The Hall–Kier alpha value is -4.07. The molecule has 2 aromatic heterocycles. The molecular formula is C25H24N2O6. The van der Waals surface area contributed by atoms with Gasteiger partial charge in [-0.3, -0.25) is 4.79 Å². The Morgan fingerprint density at radius 3 is 2.64 bits per heavy atom. The average molecular weight is 448 g/mol. The van der Waals surface area contributed by atoms with Crippen LogP contribution in [0, 0.1) is 13.8 Å². The molecule has 0 bridgehead atoms. The van der Waals surface area contributed by atoms with Gasteiger partial charge in [0.2, 0.25) is 0 Å². The molecule has 4 aromatic rings. The maximum Gasteiger partial charge on any atom is 0.339 e. The second-order valence-electron chi connectivity index (χ2n) is 8.02. The molecule has 170 valence electrons. The normalized spacial score (nSPS) is 13.1. The summed E-state index contributed by atoms with van der Waals surface area (Å²) in [6.07, 6.45) is 0.905. The van der Waals surface area contributed by atoms with Crippen LogP contribution >= 0.6 is 0 Å². The molecule has 0 fully saturated rings. The van der Waals surface area contributed by atoms with Gasteiger partial charge in [-0.1, -0.05) is 18.2 Å². The first-order chi connectivity index (χ1) is 15.7. The van der Waals surface area contributed by atoms with E-state index in [2.05, 4.69) is 10.3 Å². The zero-order valence-corrected chi connectivity index (χ0v) is 18.5. The minimum atomic E-state index is -1.14. The highest BCUT2D eigenvalue weighted by Crippen LogP contribution is 2.25. The Bertz CT molecular complexity index is 1420. The maximum atomic E-state index is 12.7. The fourth-order valence-corrected chi connectivity index (χ4v) is 3.77. The van der Waals surface area contributed by atoms with Crippen LogP contribution in [0.5, 0.6) is 5.75 Å². The lowest BCUT2D eigenvalue weighted by atomic mass is 10.0. The molecule has 33 heavy (non-hydrogen) atoms. The fraction of sp³-hybridized carbons (Fsp3) is 0.240. The lowest BCUT2D eigenvalue weighted by Crippen LogP contribution is -2.47. The van der Waals surface area contributed by atoms with Crippen LogP contribution in [0.3, 0.4) is 0 Å². The largest absolute Gasteiger partial charge is 0.481 e. The van der Waals surface area contributed by atoms with E-state index in [1.54, 1.807) is 31.3 Å². The number of benzene rings is 2. The van der Waals surface area contributed by atoms with E-state index in [1.807, 2.05) is 31.2 Å². The van der Waals surface area contributed by atoms with E-state index in [0.717, 1.165) is 27.4 Å². The number of amides is 1. The third kappa shape index (κ3) is 4.45. The molecule has 2 aromatic carbocycles. The van der Waals surface area contributed by atoms with Crippen molar-refractivity contribution in [1.29, 1.82) is 0 Å². The Morgan fingerprint density at radius 1 is 1.12 bits per heavy atom. The lowest BCUT2D eigenvalue weighted by Gasteiger charge is -2.19. The molecule has 4 rings (SSSR count). The molecule has 2 atom stereocenters. The number of carboxylic acids is 1. The quantitative estimate of drug-likeness (QED) is 0.372. The number of hydrogen-bond donors (Lipinski definition) is 3. The standard InChI is InChI=1S/C25H24N2O6/c1-13-14(2)25(31)33-22-11-17(8-9-18(13)22)32-15(3)23(28)27-21(24(29)30)10-16-12-26-20-7-5-4-6-19(16)20/h4-9,11-12,15,21,26H,10H2,1-3H3,(H,27,28)(H,29,30)/t15?,21-/m1/s1. The van der Waals surface area contributed by atoms with Gasteiger partial charge in [-0.2, -0.15) is 0 Å². The van der Waals surface area contributed by atoms with Gasteiger partial charge in [0.05, 0.1) is 0 Å². The first-order valence-electron chi connectivity index (χ1n) is 10.5. The number of H-pyrrole nitrogens is 1. The molecule has 0 aliphatic carbocycles. The minimum Gasteiger partial charge on any atom is -0.481 e. The molecule has 2 heterocycles. The summed E-state index contributed by atoms with van der Waals surface area (Å²) in [5.74, 6) is -1.37. The molecule has 0 aliphatic rings. The van der Waals surface area contributed by atoms with Crippen LogP contribution < -0.4 is 15.7 Å². The molecule has 0 saturated heterocycles. The highest BCUT2D eigenvalue weighted by molar-refractivity contribution is 5.88. The van der Waals surface area contributed by atoms with Gasteiger partial charge in [0.25, 0.3) is 5.91 Å². The van der Waals surface area contributed by atoms with Crippen molar-refractivity contribution >= 4 is 33.7 Å². The molecule has 8 nitrogen and oxygen atoms in total. The molecule has 0 aliphatic heterocycles. The van der Waals surface area contributed by atoms with Gasteiger partial charge >= 0.3 is 11.6 Å². The average Bonchev–Trinajstić information content (AvgIpc) is 3.19. The van der Waals surface area contributed by atoms with Crippen molar-refractivity contribution in [2.75, 3.05) is 0 Å². The summed E-state index contributed by atoms with van der Waals surface area (Å²) >= 11 is 0. The van der Waals surface area contributed by atoms with Crippen LogP contribution in [0.2, 0.25) is 0 Å². The van der Waals surface area contributed by atoms with Gasteiger partial charge in [-0.05, 0) is 50.1 Å². The number of fused-ring (bicyclic) bond motifs is 2. The summed E-state index contributed by atoms with van der Waals surface area (Å²) in [5, 5.41) is 13.9. The van der Waals surface area contributed by atoms with Crippen LogP contribution in [-0.4, -0.2) is 34.1 Å². The second kappa shape index (κ2) is 8.82.